The summed E-state index contributed by atoms with van der Waals surface area (Å²) in [7, 11) is 1.62. The van der Waals surface area contributed by atoms with Gasteiger partial charge in [0.2, 0.25) is 0 Å². The van der Waals surface area contributed by atoms with Crippen molar-refractivity contribution in [2.24, 2.45) is 4.99 Å². The highest BCUT2D eigenvalue weighted by Crippen LogP contribution is 2.51. The fraction of sp³-hybridized carbons (Fsp3) is 0.273. The van der Waals surface area contributed by atoms with Gasteiger partial charge in [-0.15, -0.1) is 0 Å². The molecule has 8 heteroatoms. The van der Waals surface area contributed by atoms with Gasteiger partial charge in [-0.1, -0.05) is 6.58 Å². The highest BCUT2D eigenvalue weighted by atomic mass is 19.4. The first-order chi connectivity index (χ1) is 14.2. The predicted octanol–water partition coefficient (Wildman–Crippen LogP) is 5.03. The molecule has 30 heavy (non-hydrogen) atoms. The molecule has 2 aliphatic rings. The van der Waals surface area contributed by atoms with E-state index in [-0.39, 0.29) is 11.4 Å². The Balaban J connectivity index is 1.86. The number of rotatable bonds is 2. The van der Waals surface area contributed by atoms with E-state index >= 15 is 0 Å². The normalized spacial score (nSPS) is 19.3. The van der Waals surface area contributed by atoms with Gasteiger partial charge in [0.15, 0.2) is 0 Å². The lowest BCUT2D eigenvalue weighted by Gasteiger charge is -2.45. The molecule has 1 saturated carbocycles. The second-order valence-corrected chi connectivity index (χ2v) is 7.38. The molecule has 0 bridgehead atoms. The Labute approximate surface area is 172 Å². The van der Waals surface area contributed by atoms with Crippen molar-refractivity contribution in [3.8, 4) is 11.8 Å². The number of aliphatic imine (C=N–C) groups is 1. The van der Waals surface area contributed by atoms with Crippen LogP contribution < -0.4 is 9.80 Å². The second kappa shape index (κ2) is 6.80. The largest absolute Gasteiger partial charge is 0.508 e. The highest BCUT2D eigenvalue weighted by Gasteiger charge is 2.56. The Hall–Kier alpha value is -3.47. The van der Waals surface area contributed by atoms with E-state index in [2.05, 4.69) is 11.6 Å². The van der Waals surface area contributed by atoms with Crippen LogP contribution in [-0.2, 0) is 6.18 Å². The molecule has 0 aromatic heterocycles. The van der Waals surface area contributed by atoms with E-state index < -0.39 is 22.8 Å². The summed E-state index contributed by atoms with van der Waals surface area (Å²) in [5, 5.41) is 18.7. The SMILES string of the molecule is C=C1N(c2ccc(C#N)c(C(F)(F)F)c2)C(=NC)C2(CCC2)N1c1ccc(O)cc1. The number of benzene rings is 2. The molecule has 1 saturated heterocycles. The summed E-state index contributed by atoms with van der Waals surface area (Å²) in [5.41, 5.74) is -0.906. The molecule has 1 spiro atoms. The average molecular weight is 412 g/mol. The van der Waals surface area contributed by atoms with Crippen molar-refractivity contribution in [3.63, 3.8) is 0 Å². The monoisotopic (exact) mass is 412 g/mol. The number of phenols is 1. The molecule has 1 aliphatic heterocycles. The second-order valence-electron chi connectivity index (χ2n) is 7.38. The van der Waals surface area contributed by atoms with Crippen LogP contribution in [0, 0.1) is 11.3 Å². The lowest BCUT2D eigenvalue weighted by molar-refractivity contribution is -0.137. The Morgan fingerprint density at radius 3 is 2.27 bits per heavy atom. The van der Waals surface area contributed by atoms with Crippen LogP contribution in [0.4, 0.5) is 24.5 Å². The Morgan fingerprint density at radius 1 is 1.13 bits per heavy atom. The molecule has 2 fully saturated rings. The van der Waals surface area contributed by atoms with Crippen molar-refractivity contribution in [1.82, 2.24) is 0 Å². The van der Waals surface area contributed by atoms with Gasteiger partial charge in [-0.3, -0.25) is 9.89 Å². The zero-order valence-corrected chi connectivity index (χ0v) is 16.2. The van der Waals surface area contributed by atoms with Crippen molar-refractivity contribution in [2.75, 3.05) is 16.8 Å². The number of phenolic OH excluding ortho intramolecular Hbond substituents is 1. The van der Waals surface area contributed by atoms with E-state index in [4.69, 9.17) is 5.26 Å². The van der Waals surface area contributed by atoms with Gasteiger partial charge >= 0.3 is 6.18 Å². The van der Waals surface area contributed by atoms with E-state index in [0.29, 0.717) is 11.7 Å². The molecular weight excluding hydrogens is 393 g/mol. The number of hydrogen-bond donors (Lipinski definition) is 1. The first kappa shape index (κ1) is 19.8. The number of amidine groups is 1. The van der Waals surface area contributed by atoms with Crippen LogP contribution in [0.1, 0.15) is 30.4 Å². The van der Waals surface area contributed by atoms with Crippen molar-refractivity contribution >= 4 is 17.2 Å². The number of nitrogens with zero attached hydrogens (tertiary/aromatic N) is 4. The van der Waals surface area contributed by atoms with Gasteiger partial charge in [-0.25, -0.2) is 0 Å². The summed E-state index contributed by atoms with van der Waals surface area (Å²) in [6.07, 6.45) is -2.15. The number of aromatic hydroxyl groups is 1. The van der Waals surface area contributed by atoms with Gasteiger partial charge in [0, 0.05) is 18.4 Å². The lowest BCUT2D eigenvalue weighted by atomic mass is 9.74. The van der Waals surface area contributed by atoms with Crippen LogP contribution in [0.3, 0.4) is 0 Å². The number of hydrogen-bond acceptors (Lipinski definition) is 4. The molecule has 154 valence electrons. The maximum absolute atomic E-state index is 13.5. The van der Waals surface area contributed by atoms with Crippen molar-refractivity contribution in [1.29, 1.82) is 5.26 Å². The summed E-state index contributed by atoms with van der Waals surface area (Å²) < 4.78 is 40.6. The lowest BCUT2D eigenvalue weighted by Crippen LogP contribution is -2.54. The van der Waals surface area contributed by atoms with E-state index in [1.807, 2.05) is 4.90 Å². The minimum Gasteiger partial charge on any atom is -0.508 e. The Morgan fingerprint density at radius 2 is 1.77 bits per heavy atom. The number of nitriles is 1. The summed E-state index contributed by atoms with van der Waals surface area (Å²) in [4.78, 5) is 8.05. The zero-order valence-electron chi connectivity index (χ0n) is 16.2. The van der Waals surface area contributed by atoms with Crippen molar-refractivity contribution in [2.45, 2.75) is 31.0 Å². The molecule has 5 nitrogen and oxygen atoms in total. The summed E-state index contributed by atoms with van der Waals surface area (Å²) in [5.74, 6) is 1.21. The molecule has 2 aromatic carbocycles. The zero-order chi connectivity index (χ0) is 21.7. The van der Waals surface area contributed by atoms with Gasteiger partial charge in [-0.05, 0) is 61.7 Å². The fourth-order valence-electron chi connectivity index (χ4n) is 4.32. The van der Waals surface area contributed by atoms with Gasteiger partial charge in [0.1, 0.15) is 22.9 Å². The molecule has 2 aromatic rings. The maximum atomic E-state index is 13.5. The van der Waals surface area contributed by atoms with E-state index in [0.717, 1.165) is 31.0 Å². The Bertz CT molecular complexity index is 1080. The molecule has 0 radical (unpaired) electrons. The molecule has 0 amide bonds. The minimum atomic E-state index is -4.66. The third kappa shape index (κ3) is 2.81. The van der Waals surface area contributed by atoms with Crippen molar-refractivity contribution < 1.29 is 18.3 Å². The molecule has 1 aliphatic carbocycles. The Kier molecular flexibility index (Phi) is 4.49. The van der Waals surface area contributed by atoms with Crippen molar-refractivity contribution in [3.05, 3.63) is 66.0 Å². The van der Waals surface area contributed by atoms with Gasteiger partial charge in [0.05, 0.1) is 17.2 Å². The van der Waals surface area contributed by atoms with E-state index in [1.165, 1.54) is 12.1 Å². The number of anilines is 2. The van der Waals surface area contributed by atoms with Crippen LogP contribution in [0.5, 0.6) is 5.75 Å². The first-order valence-corrected chi connectivity index (χ1v) is 9.40. The third-order valence-electron chi connectivity index (χ3n) is 5.76. The molecule has 0 unspecified atom stereocenters. The number of halogens is 3. The van der Waals surface area contributed by atoms with E-state index in [1.54, 1.807) is 42.3 Å². The molecule has 4 rings (SSSR count). The fourth-order valence-corrected chi connectivity index (χ4v) is 4.32. The van der Waals surface area contributed by atoms with Crippen LogP contribution in [-0.4, -0.2) is 23.5 Å². The molecule has 1 N–H and O–H groups in total. The maximum Gasteiger partial charge on any atom is 0.417 e. The number of alkyl halides is 3. The highest BCUT2D eigenvalue weighted by molar-refractivity contribution is 6.14. The van der Waals surface area contributed by atoms with Crippen LogP contribution >= 0.6 is 0 Å². The van der Waals surface area contributed by atoms with Crippen LogP contribution in [0.2, 0.25) is 0 Å². The van der Waals surface area contributed by atoms with Crippen LogP contribution in [0.15, 0.2) is 59.9 Å². The quantitative estimate of drug-likeness (QED) is 0.751. The smallest absolute Gasteiger partial charge is 0.417 e. The van der Waals surface area contributed by atoms with Gasteiger partial charge in [-0.2, -0.15) is 18.4 Å². The van der Waals surface area contributed by atoms with Crippen LogP contribution in [0.25, 0.3) is 0 Å². The summed E-state index contributed by atoms with van der Waals surface area (Å²) >= 11 is 0. The molecule has 1 heterocycles. The van der Waals surface area contributed by atoms with Gasteiger partial charge in [0.25, 0.3) is 0 Å². The minimum absolute atomic E-state index is 0.120. The van der Waals surface area contributed by atoms with E-state index in [9.17, 15) is 18.3 Å². The summed E-state index contributed by atoms with van der Waals surface area (Å²) in [6, 6.07) is 11.9. The predicted molar refractivity (Wildman–Crippen MR) is 108 cm³/mol. The molecular formula is C22H19F3N4O. The average Bonchev–Trinajstić information content (AvgIpc) is 2.96. The third-order valence-corrected chi connectivity index (χ3v) is 5.76. The van der Waals surface area contributed by atoms with Gasteiger partial charge < -0.3 is 10.0 Å². The molecule has 0 atom stereocenters. The standard InChI is InChI=1S/C22H19F3N4O/c1-14-28(17-5-4-15(13-26)19(12-17)22(23,24)25)20(27-2)21(10-3-11-21)29(14)16-6-8-18(30)9-7-16/h4-9,12,30H,1,3,10-11H2,2H3. The summed E-state index contributed by atoms with van der Waals surface area (Å²) in [6.45, 7) is 4.16. The topological polar surface area (TPSA) is 62.9 Å². The first-order valence-electron chi connectivity index (χ1n) is 9.40.